The Labute approximate surface area is 171 Å². The van der Waals surface area contributed by atoms with Gasteiger partial charge in [-0.25, -0.2) is 4.39 Å². The second-order valence-corrected chi connectivity index (χ2v) is 9.10. The van der Waals surface area contributed by atoms with E-state index in [0.717, 1.165) is 49.2 Å². The first-order chi connectivity index (χ1) is 14.0. The summed E-state index contributed by atoms with van der Waals surface area (Å²) in [4.78, 5) is 13.8. The van der Waals surface area contributed by atoms with Crippen molar-refractivity contribution in [2.45, 2.75) is 44.8 Å². The summed E-state index contributed by atoms with van der Waals surface area (Å²) < 4.78 is 13.9. The van der Waals surface area contributed by atoms with Gasteiger partial charge in [0.2, 0.25) is 0 Å². The van der Waals surface area contributed by atoms with Crippen LogP contribution in [0.4, 0.5) is 10.1 Å². The number of halogens is 1. The zero-order valence-corrected chi connectivity index (χ0v) is 17.1. The summed E-state index contributed by atoms with van der Waals surface area (Å²) in [5.41, 5.74) is 4.25. The number of likely N-dealkylation sites (tertiary alicyclic amines) is 1. The van der Waals surface area contributed by atoms with E-state index in [-0.39, 0.29) is 11.4 Å². The summed E-state index contributed by atoms with van der Waals surface area (Å²) in [6, 6.07) is 14.0. The number of benzene rings is 2. The van der Waals surface area contributed by atoms with Gasteiger partial charge in [-0.15, -0.1) is 0 Å². The molecule has 5 rings (SSSR count). The molecule has 29 heavy (non-hydrogen) atoms. The van der Waals surface area contributed by atoms with Crippen molar-refractivity contribution in [1.82, 2.24) is 14.9 Å². The van der Waals surface area contributed by atoms with E-state index >= 15 is 0 Å². The van der Waals surface area contributed by atoms with E-state index in [9.17, 15) is 4.39 Å². The molecule has 0 amide bonds. The molecule has 2 aromatic carbocycles. The Hall–Kier alpha value is -2.53. The second kappa shape index (κ2) is 7.06. The molecule has 3 heterocycles. The maximum absolute atomic E-state index is 13.9. The van der Waals surface area contributed by atoms with Crippen LogP contribution >= 0.6 is 0 Å². The summed E-state index contributed by atoms with van der Waals surface area (Å²) in [5.74, 6) is 0.445. The van der Waals surface area contributed by atoms with Crippen LogP contribution in [-0.4, -0.2) is 39.5 Å². The Balaban J connectivity index is 1.33. The Morgan fingerprint density at radius 3 is 2.72 bits per heavy atom. The lowest BCUT2D eigenvalue weighted by Crippen LogP contribution is -2.48. The van der Waals surface area contributed by atoms with Crippen LogP contribution in [0.2, 0.25) is 0 Å². The third-order valence-electron chi connectivity index (χ3n) is 6.55. The normalized spacial score (nSPS) is 24.0. The number of aromatic nitrogens is 2. The van der Waals surface area contributed by atoms with Gasteiger partial charge in [-0.3, -0.25) is 14.9 Å². The quantitative estimate of drug-likeness (QED) is 0.652. The Kier molecular flexibility index (Phi) is 4.50. The van der Waals surface area contributed by atoms with Crippen molar-refractivity contribution in [1.29, 1.82) is 0 Å². The molecule has 0 bridgehead atoms. The zero-order valence-electron chi connectivity index (χ0n) is 17.1. The molecule has 0 aliphatic carbocycles. The topological polar surface area (TPSA) is 32.3 Å². The molecule has 2 aliphatic rings. The summed E-state index contributed by atoms with van der Waals surface area (Å²) in [6.45, 7) is 7.67. The fraction of sp³-hybridized carbons (Fsp3) is 0.417. The van der Waals surface area contributed by atoms with E-state index in [1.54, 1.807) is 18.5 Å². The number of hydrogen-bond acceptors (Lipinski definition) is 4. The van der Waals surface area contributed by atoms with Crippen LogP contribution in [0.25, 0.3) is 11.0 Å². The number of nitrogens with zero attached hydrogens (tertiary/aromatic N) is 4. The fourth-order valence-corrected chi connectivity index (χ4v) is 5.50. The molecule has 0 unspecified atom stereocenters. The molecule has 4 nitrogen and oxygen atoms in total. The van der Waals surface area contributed by atoms with Gasteiger partial charge in [-0.1, -0.05) is 12.1 Å². The number of anilines is 1. The van der Waals surface area contributed by atoms with E-state index in [4.69, 9.17) is 0 Å². The summed E-state index contributed by atoms with van der Waals surface area (Å²) in [6.07, 6.45) is 5.73. The van der Waals surface area contributed by atoms with E-state index in [0.29, 0.717) is 12.0 Å². The maximum atomic E-state index is 13.9. The molecule has 0 saturated carbocycles. The summed E-state index contributed by atoms with van der Waals surface area (Å²) in [5, 5.41) is 0. The minimum Gasteiger partial charge on any atom is -0.363 e. The highest BCUT2D eigenvalue weighted by Crippen LogP contribution is 2.44. The van der Waals surface area contributed by atoms with Crippen LogP contribution in [0.15, 0.2) is 54.9 Å². The minimum absolute atomic E-state index is 0.0394. The highest BCUT2D eigenvalue weighted by Gasteiger charge is 2.48. The molecule has 1 aromatic heterocycles. The van der Waals surface area contributed by atoms with Crippen molar-refractivity contribution in [3.8, 4) is 0 Å². The van der Waals surface area contributed by atoms with Crippen LogP contribution < -0.4 is 4.90 Å². The van der Waals surface area contributed by atoms with Gasteiger partial charge in [0.15, 0.2) is 0 Å². The molecular formula is C24H27FN4. The first-order valence-corrected chi connectivity index (χ1v) is 10.5. The van der Waals surface area contributed by atoms with E-state index in [1.807, 2.05) is 6.07 Å². The minimum atomic E-state index is -0.154. The van der Waals surface area contributed by atoms with Gasteiger partial charge < -0.3 is 4.90 Å². The first-order valence-electron chi connectivity index (χ1n) is 10.5. The molecule has 0 spiro atoms. The number of piperidine rings is 1. The lowest BCUT2D eigenvalue weighted by atomic mass is 9.89. The van der Waals surface area contributed by atoms with Crippen molar-refractivity contribution in [2.75, 3.05) is 18.0 Å². The average Bonchev–Trinajstić information content (AvgIpc) is 2.97. The van der Waals surface area contributed by atoms with Gasteiger partial charge in [0.1, 0.15) is 5.82 Å². The molecule has 3 aromatic rings. The van der Waals surface area contributed by atoms with Crippen molar-refractivity contribution in [3.05, 3.63) is 66.2 Å². The Bertz CT molecular complexity index is 1030. The Morgan fingerprint density at radius 2 is 1.90 bits per heavy atom. The van der Waals surface area contributed by atoms with Crippen LogP contribution in [0, 0.1) is 11.7 Å². The van der Waals surface area contributed by atoms with Gasteiger partial charge in [-0.05, 0) is 68.5 Å². The predicted molar refractivity (Wildman–Crippen MR) is 114 cm³/mol. The largest absolute Gasteiger partial charge is 0.363 e. The standard InChI is InChI=1S/C24H27FN4/c1-24(2)14-18-16-28(15-17-6-7-21-22(12-17)27-10-9-26-21)11-8-23(18)29(24)20-5-3-4-19(25)13-20/h3-7,9-10,12-13,18,23H,8,11,14-16H2,1-2H3/t18-,23+/m1/s1. The molecule has 0 N–H and O–H groups in total. The van der Waals surface area contributed by atoms with Crippen LogP contribution in [-0.2, 0) is 6.54 Å². The second-order valence-electron chi connectivity index (χ2n) is 9.10. The van der Waals surface area contributed by atoms with Gasteiger partial charge in [0.05, 0.1) is 11.0 Å². The van der Waals surface area contributed by atoms with Crippen molar-refractivity contribution < 1.29 is 4.39 Å². The van der Waals surface area contributed by atoms with E-state index in [1.165, 1.54) is 11.6 Å². The molecule has 0 radical (unpaired) electrons. The third-order valence-corrected chi connectivity index (χ3v) is 6.55. The van der Waals surface area contributed by atoms with Gasteiger partial charge >= 0.3 is 0 Å². The lowest BCUT2D eigenvalue weighted by molar-refractivity contribution is 0.161. The SMILES string of the molecule is CC1(C)C[C@@H]2CN(Cc3ccc4nccnc4c3)CC[C@@H]2N1c1cccc(F)c1. The monoisotopic (exact) mass is 390 g/mol. The fourth-order valence-electron chi connectivity index (χ4n) is 5.50. The van der Waals surface area contributed by atoms with Gasteiger partial charge in [-0.2, -0.15) is 0 Å². The van der Waals surface area contributed by atoms with Gasteiger partial charge in [0.25, 0.3) is 0 Å². The highest BCUT2D eigenvalue weighted by molar-refractivity contribution is 5.74. The molecule has 5 heteroatoms. The van der Waals surface area contributed by atoms with Crippen molar-refractivity contribution in [3.63, 3.8) is 0 Å². The van der Waals surface area contributed by atoms with Crippen molar-refractivity contribution in [2.24, 2.45) is 5.92 Å². The molecule has 2 saturated heterocycles. The maximum Gasteiger partial charge on any atom is 0.125 e. The molecule has 2 aliphatic heterocycles. The number of fused-ring (bicyclic) bond motifs is 2. The molecule has 2 atom stereocenters. The van der Waals surface area contributed by atoms with Crippen LogP contribution in [0.1, 0.15) is 32.3 Å². The predicted octanol–water partition coefficient (Wildman–Crippen LogP) is 4.65. The number of hydrogen-bond donors (Lipinski definition) is 0. The zero-order chi connectivity index (χ0) is 20.0. The smallest absolute Gasteiger partial charge is 0.125 e. The van der Waals surface area contributed by atoms with Crippen LogP contribution in [0.5, 0.6) is 0 Å². The molecular weight excluding hydrogens is 363 g/mol. The average molecular weight is 391 g/mol. The van der Waals surface area contributed by atoms with Gasteiger partial charge in [0, 0.05) is 49.3 Å². The summed E-state index contributed by atoms with van der Waals surface area (Å²) >= 11 is 0. The number of rotatable bonds is 3. The first kappa shape index (κ1) is 18.5. The van der Waals surface area contributed by atoms with Crippen molar-refractivity contribution >= 4 is 16.7 Å². The van der Waals surface area contributed by atoms with Crippen LogP contribution in [0.3, 0.4) is 0 Å². The third kappa shape index (κ3) is 3.48. The molecule has 2 fully saturated rings. The Morgan fingerprint density at radius 1 is 1.07 bits per heavy atom. The van der Waals surface area contributed by atoms with E-state index < -0.39 is 0 Å². The molecule has 150 valence electrons. The summed E-state index contributed by atoms with van der Waals surface area (Å²) in [7, 11) is 0. The highest BCUT2D eigenvalue weighted by atomic mass is 19.1. The lowest BCUT2D eigenvalue weighted by Gasteiger charge is -2.42. The van der Waals surface area contributed by atoms with E-state index in [2.05, 4.69) is 57.9 Å².